The molecule has 278 valence electrons. The molecule has 1 saturated carbocycles. The Balaban J connectivity index is 0.771. The maximum absolute atomic E-state index is 13.1. The molecule has 3 atom stereocenters. The van der Waals surface area contributed by atoms with Gasteiger partial charge in [-0.05, 0) is 115 Å². The van der Waals surface area contributed by atoms with E-state index >= 15 is 0 Å². The minimum absolute atomic E-state index is 0.116. The number of anilines is 2. The Bertz CT molecular complexity index is 1860. The van der Waals surface area contributed by atoms with Crippen LogP contribution in [0.3, 0.4) is 0 Å². The van der Waals surface area contributed by atoms with Crippen molar-refractivity contribution in [3.63, 3.8) is 0 Å². The topological polar surface area (TPSA) is 96.4 Å². The monoisotopic (exact) mass is 715 g/mol. The van der Waals surface area contributed by atoms with Crippen LogP contribution < -0.4 is 15.1 Å². The van der Waals surface area contributed by atoms with Crippen LogP contribution in [0.2, 0.25) is 0 Å². The number of benzene rings is 3. The first kappa shape index (κ1) is 34.4. The second kappa shape index (κ2) is 14.5. The maximum Gasteiger partial charge on any atom is 0.255 e. The number of hydrogen-bond donors (Lipinski definition) is 2. The number of phenolic OH excluding ortho intramolecular Hbond substituents is 1. The molecule has 3 saturated heterocycles. The van der Waals surface area contributed by atoms with Crippen molar-refractivity contribution in [2.24, 2.45) is 17.8 Å². The van der Waals surface area contributed by atoms with Gasteiger partial charge in [-0.3, -0.25) is 24.6 Å². The van der Waals surface area contributed by atoms with E-state index in [2.05, 4.69) is 62.5 Å². The fourth-order valence-electron chi connectivity index (χ4n) is 10.7. The van der Waals surface area contributed by atoms with Crippen molar-refractivity contribution in [2.75, 3.05) is 55.6 Å². The van der Waals surface area contributed by atoms with Crippen molar-refractivity contribution >= 4 is 29.1 Å². The van der Waals surface area contributed by atoms with Crippen LogP contribution in [-0.4, -0.2) is 84.5 Å². The third-order valence-electron chi connectivity index (χ3n) is 13.6. The summed E-state index contributed by atoms with van der Waals surface area (Å²) in [6.07, 6.45) is 10.9. The Morgan fingerprint density at radius 1 is 0.698 bits per heavy atom. The molecule has 3 aromatic carbocycles. The predicted molar refractivity (Wildman–Crippen MR) is 206 cm³/mol. The van der Waals surface area contributed by atoms with E-state index in [4.69, 9.17) is 0 Å². The number of carbonyl (C=O) groups excluding carboxylic acids is 3. The average molecular weight is 716 g/mol. The van der Waals surface area contributed by atoms with Crippen molar-refractivity contribution in [1.82, 2.24) is 15.1 Å². The van der Waals surface area contributed by atoms with Crippen molar-refractivity contribution in [3.8, 4) is 5.75 Å². The highest BCUT2D eigenvalue weighted by molar-refractivity contribution is 6.05. The number of nitrogens with zero attached hydrogens (tertiary/aromatic N) is 4. The number of hydrogen-bond acceptors (Lipinski definition) is 7. The number of rotatable bonds is 7. The summed E-state index contributed by atoms with van der Waals surface area (Å²) in [5.41, 5.74) is 8.33. The fourth-order valence-corrected chi connectivity index (χ4v) is 10.7. The molecule has 0 bridgehead atoms. The van der Waals surface area contributed by atoms with Gasteiger partial charge in [0.2, 0.25) is 11.8 Å². The minimum atomic E-state index is -0.580. The molecule has 53 heavy (non-hydrogen) atoms. The predicted octanol–water partition coefficient (Wildman–Crippen LogP) is 6.08. The molecule has 3 aromatic rings. The summed E-state index contributed by atoms with van der Waals surface area (Å²) in [7, 11) is 0. The standard InChI is InChI=1S/C44H53N5O4/c50-36-11-14-38-32(26-36)7-12-37(30-3-1-2-4-30)42(38)31-5-8-34(9-6-31)47-19-17-29(18-20-47)27-46-21-23-48(24-22-46)35-10-13-39-33(25-35)28-49(44(39)53)40-15-16-41(51)45-43(40)52/h5-6,8-11,13-14,25-26,29-30,37,40,42,50H,1-4,7,12,15-24,27-28H2,(H,45,51,52)/t37-,40-,42+/m0/s1. The number of amides is 3. The zero-order valence-corrected chi connectivity index (χ0v) is 30.8. The van der Waals surface area contributed by atoms with Gasteiger partial charge in [-0.1, -0.05) is 43.9 Å². The number of piperazine rings is 1. The largest absolute Gasteiger partial charge is 0.508 e. The molecule has 9 heteroatoms. The lowest BCUT2D eigenvalue weighted by atomic mass is 9.66. The van der Waals surface area contributed by atoms with E-state index in [-0.39, 0.29) is 24.1 Å². The van der Waals surface area contributed by atoms with Gasteiger partial charge in [0, 0.05) is 81.6 Å². The second-order valence-electron chi connectivity index (χ2n) is 16.7. The number of carbonyl (C=O) groups is 3. The van der Waals surface area contributed by atoms with Crippen molar-refractivity contribution < 1.29 is 19.5 Å². The summed E-state index contributed by atoms with van der Waals surface area (Å²) in [6.45, 7) is 7.76. The molecular formula is C44H53N5O4. The van der Waals surface area contributed by atoms with Gasteiger partial charge in [0.1, 0.15) is 11.8 Å². The fraction of sp³-hybridized carbons (Fsp3) is 0.523. The Hall–Kier alpha value is -4.37. The normalized spacial score (nSPS) is 25.8. The second-order valence-corrected chi connectivity index (χ2v) is 16.7. The van der Waals surface area contributed by atoms with Crippen LogP contribution in [0.15, 0.2) is 60.7 Å². The van der Waals surface area contributed by atoms with Gasteiger partial charge in [-0.15, -0.1) is 0 Å². The van der Waals surface area contributed by atoms with Crippen molar-refractivity contribution in [1.29, 1.82) is 0 Å². The van der Waals surface area contributed by atoms with Gasteiger partial charge in [0.05, 0.1) is 0 Å². The Morgan fingerprint density at radius 3 is 2.19 bits per heavy atom. The van der Waals surface area contributed by atoms with E-state index in [1.807, 2.05) is 18.2 Å². The molecule has 0 unspecified atom stereocenters. The summed E-state index contributed by atoms with van der Waals surface area (Å²) in [4.78, 5) is 46.5. The molecule has 0 spiro atoms. The van der Waals surface area contributed by atoms with Crippen LogP contribution in [0, 0.1) is 17.8 Å². The van der Waals surface area contributed by atoms with Crippen LogP contribution in [0.4, 0.5) is 11.4 Å². The zero-order chi connectivity index (χ0) is 36.1. The van der Waals surface area contributed by atoms with Gasteiger partial charge >= 0.3 is 0 Å². The summed E-state index contributed by atoms with van der Waals surface area (Å²) in [5, 5.41) is 12.6. The molecule has 6 aliphatic rings. The van der Waals surface area contributed by atoms with Gasteiger partial charge in [-0.25, -0.2) is 0 Å². The number of aryl methyl sites for hydroxylation is 1. The maximum atomic E-state index is 13.1. The molecule has 4 fully saturated rings. The highest BCUT2D eigenvalue weighted by Gasteiger charge is 2.40. The molecule has 0 aromatic heterocycles. The SMILES string of the molecule is O=C1CC[C@H](N2Cc3cc(N4CCN(CC5CCN(c6ccc([C@H]7c8ccc(O)cc8CC[C@H]7C7CCCC7)cc6)CC5)CC4)ccc3C2=O)C(=O)N1. The lowest BCUT2D eigenvalue weighted by Gasteiger charge is -2.40. The molecule has 9 nitrogen and oxygen atoms in total. The molecule has 4 aliphatic heterocycles. The lowest BCUT2D eigenvalue weighted by Crippen LogP contribution is -2.52. The first-order valence-electron chi connectivity index (χ1n) is 20.3. The Kier molecular flexibility index (Phi) is 9.39. The van der Waals surface area contributed by atoms with Gasteiger partial charge < -0.3 is 19.8 Å². The van der Waals surface area contributed by atoms with Gasteiger partial charge in [-0.2, -0.15) is 0 Å². The quantitative estimate of drug-likeness (QED) is 0.287. The number of imide groups is 1. The van der Waals surface area contributed by atoms with Gasteiger partial charge in [0.25, 0.3) is 5.91 Å². The summed E-state index contributed by atoms with van der Waals surface area (Å²) in [5.74, 6) is 2.28. The molecule has 0 radical (unpaired) electrons. The third kappa shape index (κ3) is 6.82. The average Bonchev–Trinajstić information content (AvgIpc) is 3.83. The van der Waals surface area contributed by atoms with E-state index in [9.17, 15) is 19.5 Å². The van der Waals surface area contributed by atoms with Crippen molar-refractivity contribution in [2.45, 2.75) is 82.7 Å². The number of phenols is 1. The lowest BCUT2D eigenvalue weighted by molar-refractivity contribution is -0.136. The number of nitrogens with one attached hydrogen (secondary N) is 1. The van der Waals surface area contributed by atoms with E-state index in [0.29, 0.717) is 42.0 Å². The Morgan fingerprint density at radius 2 is 1.43 bits per heavy atom. The van der Waals surface area contributed by atoms with E-state index in [1.54, 1.807) is 4.90 Å². The molecular weight excluding hydrogens is 663 g/mol. The van der Waals surface area contributed by atoms with E-state index in [1.165, 1.54) is 67.3 Å². The highest BCUT2D eigenvalue weighted by atomic mass is 16.3. The molecule has 4 heterocycles. The van der Waals surface area contributed by atoms with Crippen LogP contribution in [-0.2, 0) is 22.6 Å². The smallest absolute Gasteiger partial charge is 0.255 e. The van der Waals surface area contributed by atoms with E-state index in [0.717, 1.165) is 69.4 Å². The number of piperidine rings is 2. The molecule has 2 N–H and O–H groups in total. The summed E-state index contributed by atoms with van der Waals surface area (Å²) >= 11 is 0. The number of aromatic hydroxyl groups is 1. The first-order chi connectivity index (χ1) is 25.9. The third-order valence-corrected chi connectivity index (χ3v) is 13.6. The van der Waals surface area contributed by atoms with Crippen LogP contribution in [0.1, 0.15) is 96.3 Å². The zero-order valence-electron chi connectivity index (χ0n) is 30.8. The van der Waals surface area contributed by atoms with Crippen LogP contribution in [0.25, 0.3) is 0 Å². The van der Waals surface area contributed by atoms with Gasteiger partial charge in [0.15, 0.2) is 0 Å². The molecule has 2 aliphatic carbocycles. The first-order valence-corrected chi connectivity index (χ1v) is 20.3. The molecule has 3 amide bonds. The summed E-state index contributed by atoms with van der Waals surface area (Å²) in [6, 6.07) is 21.2. The Labute approximate surface area is 313 Å². The number of fused-ring (bicyclic) bond motifs is 2. The highest BCUT2D eigenvalue weighted by Crippen LogP contribution is 2.49. The van der Waals surface area contributed by atoms with E-state index < -0.39 is 6.04 Å². The molecule has 9 rings (SSSR count). The summed E-state index contributed by atoms with van der Waals surface area (Å²) < 4.78 is 0. The van der Waals surface area contributed by atoms with Crippen LogP contribution in [0.5, 0.6) is 5.75 Å². The van der Waals surface area contributed by atoms with Crippen LogP contribution >= 0.6 is 0 Å². The van der Waals surface area contributed by atoms with Crippen molar-refractivity contribution in [3.05, 3.63) is 88.5 Å². The minimum Gasteiger partial charge on any atom is -0.508 e.